The molecule has 1 atom stereocenters. The second-order valence-electron chi connectivity index (χ2n) is 3.22. The van der Waals surface area contributed by atoms with Crippen molar-refractivity contribution in [2.24, 2.45) is 0 Å². The predicted octanol–water partition coefficient (Wildman–Crippen LogP) is 0.954. The van der Waals surface area contributed by atoms with Gasteiger partial charge in [0.25, 0.3) is 0 Å². The number of aromatic nitrogens is 1. The van der Waals surface area contributed by atoms with E-state index in [2.05, 4.69) is 14.2 Å². The Morgan fingerprint density at radius 1 is 1.58 bits per heavy atom. The number of nitrogens with zero attached hydrogens (tertiary/aromatic N) is 2. The van der Waals surface area contributed by atoms with Crippen molar-refractivity contribution in [1.29, 1.82) is 0 Å². The zero-order valence-corrected chi connectivity index (χ0v) is 9.76. The zero-order chi connectivity index (χ0) is 8.39. The molecule has 0 aliphatic carbocycles. The van der Waals surface area contributed by atoms with E-state index in [9.17, 15) is 0 Å². The van der Waals surface area contributed by atoms with E-state index in [4.69, 9.17) is 0 Å². The topological polar surface area (TPSA) is 16.1 Å². The maximum absolute atomic E-state index is 4.14. The fourth-order valence-corrected chi connectivity index (χ4v) is 2.65. The van der Waals surface area contributed by atoms with Crippen LogP contribution in [0.2, 0.25) is 0 Å². The van der Waals surface area contributed by atoms with Crippen molar-refractivity contribution in [2.75, 3.05) is 13.1 Å². The molecule has 12 heavy (non-hydrogen) atoms. The van der Waals surface area contributed by atoms with Crippen LogP contribution in [0.3, 0.4) is 0 Å². The number of pyridine rings is 1. The molecule has 0 spiro atoms. The summed E-state index contributed by atoms with van der Waals surface area (Å²) in [4.78, 5) is 4.14. The van der Waals surface area contributed by atoms with Gasteiger partial charge in [-0.3, -0.25) is 0 Å². The van der Waals surface area contributed by atoms with Gasteiger partial charge in [0.2, 0.25) is 0 Å². The van der Waals surface area contributed by atoms with Crippen LogP contribution in [0.5, 0.6) is 0 Å². The number of hydrogen-bond donors (Lipinski definition) is 0. The van der Waals surface area contributed by atoms with Gasteiger partial charge >= 0.3 is 86.4 Å². The van der Waals surface area contributed by atoms with Gasteiger partial charge in [-0.05, 0) is 0 Å². The van der Waals surface area contributed by atoms with Crippen LogP contribution >= 0.6 is 0 Å². The molecular weight excluding hydrogens is 255 g/mol. The fraction of sp³-hybridized carbons (Fsp3) is 0.444. The summed E-state index contributed by atoms with van der Waals surface area (Å²) in [5.41, 5.74) is 1.41. The van der Waals surface area contributed by atoms with E-state index in [1.54, 1.807) is 22.8 Å². The van der Waals surface area contributed by atoms with E-state index >= 15 is 0 Å². The second kappa shape index (κ2) is 3.75. The van der Waals surface area contributed by atoms with Gasteiger partial charge in [0.05, 0.1) is 0 Å². The van der Waals surface area contributed by atoms with Crippen molar-refractivity contribution < 1.29 is 0 Å². The molecule has 2 heterocycles. The molecule has 1 aromatic rings. The monoisotopic (exact) mass is 267 g/mol. The molecule has 1 fully saturated rings. The zero-order valence-electron chi connectivity index (χ0n) is 6.90. The third-order valence-electron chi connectivity index (χ3n) is 2.34. The van der Waals surface area contributed by atoms with Crippen molar-refractivity contribution in [2.45, 2.75) is 12.3 Å². The van der Waals surface area contributed by atoms with Crippen LogP contribution in [-0.2, 0) is 0 Å². The summed E-state index contributed by atoms with van der Waals surface area (Å²) in [6, 6.07) is 4.22. The molecule has 2 nitrogen and oxygen atoms in total. The van der Waals surface area contributed by atoms with Gasteiger partial charge in [0, 0.05) is 0 Å². The molecule has 0 aromatic carbocycles. The first-order chi connectivity index (χ1) is 5.86. The van der Waals surface area contributed by atoms with Crippen LogP contribution in [0.15, 0.2) is 24.5 Å². The Bertz CT molecular complexity index is 250. The van der Waals surface area contributed by atoms with Crippen molar-refractivity contribution in [1.82, 2.24) is 8.11 Å². The fourth-order valence-electron chi connectivity index (χ4n) is 1.65. The van der Waals surface area contributed by atoms with Crippen LogP contribution in [0, 0.1) is 0 Å². The van der Waals surface area contributed by atoms with E-state index in [1.807, 2.05) is 18.5 Å². The van der Waals surface area contributed by atoms with E-state index in [-0.39, 0.29) is 0 Å². The van der Waals surface area contributed by atoms with Crippen LogP contribution in [-0.4, -0.2) is 44.0 Å². The molecule has 61 valence electrons. The molecule has 1 aliphatic rings. The summed E-state index contributed by atoms with van der Waals surface area (Å²) in [6.07, 6.45) is 5.14. The molecule has 3 heteroatoms. The predicted molar refractivity (Wildman–Crippen MR) is 48.9 cm³/mol. The second-order valence-corrected chi connectivity index (χ2v) is 5.02. The normalized spacial score (nSPS) is 24.6. The first-order valence-electron chi connectivity index (χ1n) is 4.22. The summed E-state index contributed by atoms with van der Waals surface area (Å²) < 4.78 is 2.46. The first-order valence-corrected chi connectivity index (χ1v) is 5.50. The summed E-state index contributed by atoms with van der Waals surface area (Å²) in [7, 11) is 0. The van der Waals surface area contributed by atoms with E-state index < -0.39 is 0 Å². The van der Waals surface area contributed by atoms with Crippen molar-refractivity contribution in [3.63, 3.8) is 0 Å². The van der Waals surface area contributed by atoms with Gasteiger partial charge in [-0.1, -0.05) is 0 Å². The van der Waals surface area contributed by atoms with E-state index in [0.29, 0.717) is 0 Å². The standard InChI is InChI=1S/C9H11N2.Sn/c1-2-8(6-10-4-1)9-3-5-11-7-9;/h1-2,4,6,9H,3,5,7H2;/q-1;+1. The molecule has 1 unspecified atom stereocenters. The summed E-state index contributed by atoms with van der Waals surface area (Å²) in [5, 5.41) is 0. The third kappa shape index (κ3) is 1.80. The van der Waals surface area contributed by atoms with Gasteiger partial charge < -0.3 is 0 Å². The molecule has 0 N–H and O–H groups in total. The average molecular weight is 266 g/mol. The molecule has 1 aliphatic heterocycles. The van der Waals surface area contributed by atoms with Crippen molar-refractivity contribution in [3.05, 3.63) is 30.1 Å². The van der Waals surface area contributed by atoms with E-state index in [1.165, 1.54) is 25.1 Å². The molecule has 2 rings (SSSR count). The van der Waals surface area contributed by atoms with Gasteiger partial charge in [0.1, 0.15) is 0 Å². The number of rotatable bonds is 1. The average Bonchev–Trinajstić information content (AvgIpc) is 2.54. The van der Waals surface area contributed by atoms with Crippen molar-refractivity contribution in [3.8, 4) is 0 Å². The quantitative estimate of drug-likeness (QED) is 0.703. The minimum atomic E-state index is 0.734. The Hall–Kier alpha value is -0.0913. The molecule has 3 radical (unpaired) electrons. The molecule has 1 saturated heterocycles. The molecule has 0 amide bonds. The molecule has 0 saturated carbocycles. The Labute approximate surface area is 86.4 Å². The molecular formula is C9H11N2Sn. The van der Waals surface area contributed by atoms with Gasteiger partial charge in [-0.25, -0.2) is 0 Å². The number of hydrogen-bond acceptors (Lipinski definition) is 2. The van der Waals surface area contributed by atoms with Gasteiger partial charge in [-0.2, -0.15) is 0 Å². The van der Waals surface area contributed by atoms with Crippen molar-refractivity contribution >= 4 is 22.8 Å². The third-order valence-corrected chi connectivity index (χ3v) is 3.50. The summed E-state index contributed by atoms with van der Waals surface area (Å²) in [5.74, 6) is 0.734. The Morgan fingerprint density at radius 3 is 3.08 bits per heavy atom. The molecule has 1 aromatic heterocycles. The minimum absolute atomic E-state index is 0.734. The molecule has 0 bridgehead atoms. The summed E-state index contributed by atoms with van der Waals surface area (Å²) >= 11 is 1.55. The Morgan fingerprint density at radius 2 is 2.50 bits per heavy atom. The van der Waals surface area contributed by atoms with Gasteiger partial charge in [-0.15, -0.1) is 0 Å². The first kappa shape index (κ1) is 8.50. The van der Waals surface area contributed by atoms with Crippen LogP contribution in [0.25, 0.3) is 0 Å². The van der Waals surface area contributed by atoms with Crippen LogP contribution < -0.4 is 0 Å². The summed E-state index contributed by atoms with van der Waals surface area (Å²) in [6.45, 7) is 2.49. The van der Waals surface area contributed by atoms with Gasteiger partial charge in [0.15, 0.2) is 0 Å². The Kier molecular flexibility index (Phi) is 2.65. The van der Waals surface area contributed by atoms with Crippen LogP contribution in [0.4, 0.5) is 0 Å². The van der Waals surface area contributed by atoms with E-state index in [0.717, 1.165) is 5.92 Å². The SMILES string of the molecule is [Sn][N]1CCC(c2cccnc2)C1. The maximum atomic E-state index is 4.14. The van der Waals surface area contributed by atoms with Crippen LogP contribution in [0.1, 0.15) is 17.9 Å². The Balaban J connectivity index is 2.11.